The smallest absolute Gasteiger partial charge is 0.337 e. The van der Waals surface area contributed by atoms with Crippen molar-refractivity contribution in [3.63, 3.8) is 0 Å². The first-order valence-corrected chi connectivity index (χ1v) is 5.17. The maximum Gasteiger partial charge on any atom is 0.337 e. The Morgan fingerprint density at radius 3 is 2.89 bits per heavy atom. The first kappa shape index (κ1) is 10.5. The summed E-state index contributed by atoms with van der Waals surface area (Å²) in [5, 5.41) is 20.6. The SMILES string of the molecule is Cc1cc(-c2nnc3ccc(C(=O)O)cn23)on1. The second-order valence-corrected chi connectivity index (χ2v) is 3.81. The number of hydrogen-bond donors (Lipinski definition) is 1. The third kappa shape index (κ3) is 1.53. The Balaban J connectivity index is 2.23. The molecule has 3 aromatic heterocycles. The van der Waals surface area contributed by atoms with Gasteiger partial charge < -0.3 is 9.63 Å². The summed E-state index contributed by atoms with van der Waals surface area (Å²) in [5.41, 5.74) is 1.42. The Hall–Kier alpha value is -2.70. The highest BCUT2D eigenvalue weighted by atomic mass is 16.5. The van der Waals surface area contributed by atoms with Gasteiger partial charge in [0.1, 0.15) is 0 Å². The van der Waals surface area contributed by atoms with E-state index in [1.807, 2.05) is 0 Å². The summed E-state index contributed by atoms with van der Waals surface area (Å²) in [6, 6.07) is 4.77. The number of fused-ring (bicyclic) bond motifs is 1. The molecular formula is C11H8N4O3. The second-order valence-electron chi connectivity index (χ2n) is 3.81. The first-order chi connectivity index (χ1) is 8.65. The molecule has 0 unspecified atom stereocenters. The Morgan fingerprint density at radius 1 is 1.39 bits per heavy atom. The van der Waals surface area contributed by atoms with E-state index in [0.29, 0.717) is 17.2 Å². The van der Waals surface area contributed by atoms with Crippen molar-refractivity contribution >= 4 is 11.6 Å². The van der Waals surface area contributed by atoms with Gasteiger partial charge in [0.2, 0.25) is 11.6 Å². The molecule has 0 amide bonds. The van der Waals surface area contributed by atoms with Crippen LogP contribution in [0.4, 0.5) is 0 Å². The minimum atomic E-state index is -1.01. The number of hydrogen-bond acceptors (Lipinski definition) is 5. The van der Waals surface area contributed by atoms with Crippen LogP contribution in [-0.4, -0.2) is 30.8 Å². The summed E-state index contributed by atoms with van der Waals surface area (Å²) in [4.78, 5) is 10.9. The molecule has 0 spiro atoms. The topological polar surface area (TPSA) is 93.5 Å². The lowest BCUT2D eigenvalue weighted by Gasteiger charge is -1.97. The molecule has 3 heterocycles. The highest BCUT2D eigenvalue weighted by molar-refractivity contribution is 5.87. The Kier molecular flexibility index (Phi) is 2.12. The molecule has 0 bridgehead atoms. The number of rotatable bonds is 2. The van der Waals surface area contributed by atoms with E-state index in [0.717, 1.165) is 5.69 Å². The van der Waals surface area contributed by atoms with Crippen LogP contribution in [0.5, 0.6) is 0 Å². The minimum Gasteiger partial charge on any atom is -0.478 e. The molecule has 7 nitrogen and oxygen atoms in total. The lowest BCUT2D eigenvalue weighted by Crippen LogP contribution is -1.99. The van der Waals surface area contributed by atoms with Crippen LogP contribution in [0, 0.1) is 6.92 Å². The fraction of sp³-hybridized carbons (Fsp3) is 0.0909. The second kappa shape index (κ2) is 3.66. The highest BCUT2D eigenvalue weighted by Crippen LogP contribution is 2.19. The Bertz CT molecular complexity index is 744. The predicted octanol–water partition coefficient (Wildman–Crippen LogP) is 1.39. The summed E-state index contributed by atoms with van der Waals surface area (Å²) in [6.45, 7) is 1.79. The average Bonchev–Trinajstić information content (AvgIpc) is 2.93. The highest BCUT2D eigenvalue weighted by Gasteiger charge is 2.14. The van der Waals surface area contributed by atoms with Gasteiger partial charge in [-0.25, -0.2) is 4.79 Å². The van der Waals surface area contributed by atoms with Gasteiger partial charge in [-0.1, -0.05) is 5.16 Å². The van der Waals surface area contributed by atoms with E-state index in [1.54, 1.807) is 23.5 Å². The van der Waals surface area contributed by atoms with E-state index in [9.17, 15) is 4.79 Å². The zero-order valence-electron chi connectivity index (χ0n) is 9.36. The summed E-state index contributed by atoms with van der Waals surface area (Å²) in [6.07, 6.45) is 1.45. The van der Waals surface area contributed by atoms with E-state index < -0.39 is 5.97 Å². The number of nitrogens with zero attached hydrogens (tertiary/aromatic N) is 4. The van der Waals surface area contributed by atoms with E-state index in [2.05, 4.69) is 15.4 Å². The summed E-state index contributed by atoms with van der Waals surface area (Å²) >= 11 is 0. The van der Waals surface area contributed by atoms with Crippen molar-refractivity contribution in [2.75, 3.05) is 0 Å². The van der Waals surface area contributed by atoms with Crippen LogP contribution in [0.15, 0.2) is 28.9 Å². The standard InChI is InChI=1S/C11H8N4O3/c1-6-4-8(18-14-6)10-13-12-9-3-2-7(11(16)17)5-15(9)10/h2-5H,1H3,(H,16,17). The van der Waals surface area contributed by atoms with Gasteiger partial charge in [0.05, 0.1) is 11.3 Å². The molecule has 18 heavy (non-hydrogen) atoms. The summed E-state index contributed by atoms with van der Waals surface area (Å²) in [7, 11) is 0. The van der Waals surface area contributed by atoms with Gasteiger partial charge >= 0.3 is 5.97 Å². The molecule has 0 fully saturated rings. The van der Waals surface area contributed by atoms with E-state index >= 15 is 0 Å². The van der Waals surface area contributed by atoms with Gasteiger partial charge in [-0.05, 0) is 19.1 Å². The van der Waals surface area contributed by atoms with Crippen molar-refractivity contribution in [2.24, 2.45) is 0 Å². The molecule has 1 N–H and O–H groups in total. The van der Waals surface area contributed by atoms with Gasteiger partial charge in [0.25, 0.3) is 0 Å². The van der Waals surface area contributed by atoms with Crippen LogP contribution >= 0.6 is 0 Å². The van der Waals surface area contributed by atoms with Crippen LogP contribution in [0.25, 0.3) is 17.2 Å². The van der Waals surface area contributed by atoms with Crippen LogP contribution in [0.3, 0.4) is 0 Å². The molecule has 0 aliphatic carbocycles. The maximum atomic E-state index is 10.9. The quantitative estimate of drug-likeness (QED) is 0.732. The van der Waals surface area contributed by atoms with Crippen molar-refractivity contribution in [1.82, 2.24) is 19.8 Å². The molecule has 3 aromatic rings. The number of carboxylic acid groups (broad SMARTS) is 1. The third-order valence-electron chi connectivity index (χ3n) is 2.50. The summed E-state index contributed by atoms with van der Waals surface area (Å²) in [5.74, 6) is -0.137. The first-order valence-electron chi connectivity index (χ1n) is 5.17. The fourth-order valence-electron chi connectivity index (χ4n) is 1.65. The van der Waals surface area contributed by atoms with Crippen LogP contribution < -0.4 is 0 Å². The zero-order valence-corrected chi connectivity index (χ0v) is 9.36. The van der Waals surface area contributed by atoms with Crippen molar-refractivity contribution < 1.29 is 14.4 Å². The molecule has 0 saturated heterocycles. The van der Waals surface area contributed by atoms with E-state index in [1.165, 1.54) is 12.3 Å². The molecule has 7 heteroatoms. The molecular weight excluding hydrogens is 236 g/mol. The van der Waals surface area contributed by atoms with Gasteiger partial charge in [-0.3, -0.25) is 4.40 Å². The molecule has 0 aromatic carbocycles. The van der Waals surface area contributed by atoms with Gasteiger partial charge in [-0.2, -0.15) is 0 Å². The maximum absolute atomic E-state index is 10.9. The number of carbonyl (C=O) groups is 1. The minimum absolute atomic E-state index is 0.153. The lowest BCUT2D eigenvalue weighted by atomic mass is 10.3. The Morgan fingerprint density at radius 2 is 2.22 bits per heavy atom. The van der Waals surface area contributed by atoms with Crippen molar-refractivity contribution in [3.05, 3.63) is 35.7 Å². The van der Waals surface area contributed by atoms with Gasteiger partial charge in [0, 0.05) is 12.3 Å². The number of carboxylic acids is 1. The number of pyridine rings is 1. The predicted molar refractivity (Wildman–Crippen MR) is 60.2 cm³/mol. The van der Waals surface area contributed by atoms with Crippen LogP contribution in [0.1, 0.15) is 16.1 Å². The number of aromatic nitrogens is 4. The molecule has 3 rings (SSSR count). The molecule has 0 aliphatic rings. The van der Waals surface area contributed by atoms with E-state index in [-0.39, 0.29) is 5.56 Å². The Labute approximate surface area is 101 Å². The zero-order chi connectivity index (χ0) is 12.7. The monoisotopic (exact) mass is 244 g/mol. The van der Waals surface area contributed by atoms with Crippen LogP contribution in [-0.2, 0) is 0 Å². The van der Waals surface area contributed by atoms with Crippen LogP contribution in [0.2, 0.25) is 0 Å². The fourth-order valence-corrected chi connectivity index (χ4v) is 1.65. The van der Waals surface area contributed by atoms with Crippen molar-refractivity contribution in [2.45, 2.75) is 6.92 Å². The lowest BCUT2D eigenvalue weighted by molar-refractivity contribution is 0.0696. The van der Waals surface area contributed by atoms with Crippen molar-refractivity contribution in [1.29, 1.82) is 0 Å². The number of aryl methyl sites for hydroxylation is 1. The van der Waals surface area contributed by atoms with E-state index in [4.69, 9.17) is 9.63 Å². The molecule has 90 valence electrons. The molecule has 0 atom stereocenters. The largest absolute Gasteiger partial charge is 0.478 e. The van der Waals surface area contributed by atoms with Gasteiger partial charge in [0.15, 0.2) is 5.65 Å². The van der Waals surface area contributed by atoms with Gasteiger partial charge in [-0.15, -0.1) is 10.2 Å². The number of aromatic carboxylic acids is 1. The molecule has 0 saturated carbocycles. The molecule has 0 radical (unpaired) electrons. The van der Waals surface area contributed by atoms with Crippen molar-refractivity contribution in [3.8, 4) is 11.6 Å². The summed E-state index contributed by atoms with van der Waals surface area (Å²) < 4.78 is 6.66. The third-order valence-corrected chi connectivity index (χ3v) is 2.50. The normalized spacial score (nSPS) is 10.9. The molecule has 0 aliphatic heterocycles. The average molecular weight is 244 g/mol.